The molecule has 0 amide bonds. The molecule has 0 aliphatic carbocycles. The Balaban J connectivity index is 2.87. The quantitative estimate of drug-likeness (QED) is 0.793. The SMILES string of the molecule is CC(C)c1ccc(C(CN)C(C)N)cc1. The topological polar surface area (TPSA) is 52.0 Å². The number of benzene rings is 1. The summed E-state index contributed by atoms with van der Waals surface area (Å²) in [5.41, 5.74) is 14.2. The van der Waals surface area contributed by atoms with Crippen molar-refractivity contribution in [2.45, 2.75) is 38.6 Å². The van der Waals surface area contributed by atoms with Crippen LogP contribution in [0.25, 0.3) is 0 Å². The highest BCUT2D eigenvalue weighted by Gasteiger charge is 2.14. The molecule has 0 aliphatic rings. The minimum Gasteiger partial charge on any atom is -0.330 e. The maximum Gasteiger partial charge on any atom is 0.0110 e. The van der Waals surface area contributed by atoms with E-state index in [0.29, 0.717) is 12.5 Å². The lowest BCUT2D eigenvalue weighted by atomic mass is 9.91. The molecule has 2 nitrogen and oxygen atoms in total. The van der Waals surface area contributed by atoms with Crippen LogP contribution in [-0.2, 0) is 0 Å². The van der Waals surface area contributed by atoms with E-state index in [1.165, 1.54) is 11.1 Å². The molecule has 1 aromatic carbocycles. The van der Waals surface area contributed by atoms with Crippen LogP contribution in [0.2, 0.25) is 0 Å². The van der Waals surface area contributed by atoms with E-state index in [-0.39, 0.29) is 12.0 Å². The van der Waals surface area contributed by atoms with Gasteiger partial charge in [-0.3, -0.25) is 0 Å². The molecule has 0 heterocycles. The Hall–Kier alpha value is -0.860. The smallest absolute Gasteiger partial charge is 0.0110 e. The molecule has 0 radical (unpaired) electrons. The van der Waals surface area contributed by atoms with Gasteiger partial charge in [-0.15, -0.1) is 0 Å². The summed E-state index contributed by atoms with van der Waals surface area (Å²) in [6, 6.07) is 8.75. The van der Waals surface area contributed by atoms with Crippen molar-refractivity contribution in [3.05, 3.63) is 35.4 Å². The van der Waals surface area contributed by atoms with Crippen molar-refractivity contribution in [3.63, 3.8) is 0 Å². The van der Waals surface area contributed by atoms with Crippen molar-refractivity contribution in [3.8, 4) is 0 Å². The zero-order valence-electron chi connectivity index (χ0n) is 9.90. The summed E-state index contributed by atoms with van der Waals surface area (Å²) in [7, 11) is 0. The molecule has 15 heavy (non-hydrogen) atoms. The molecule has 4 N–H and O–H groups in total. The van der Waals surface area contributed by atoms with E-state index in [4.69, 9.17) is 11.5 Å². The van der Waals surface area contributed by atoms with Crippen molar-refractivity contribution in [1.29, 1.82) is 0 Å². The van der Waals surface area contributed by atoms with E-state index in [2.05, 4.69) is 38.1 Å². The molecular formula is C13H22N2. The molecule has 0 aliphatic heterocycles. The van der Waals surface area contributed by atoms with Crippen molar-refractivity contribution in [2.24, 2.45) is 11.5 Å². The van der Waals surface area contributed by atoms with Crippen LogP contribution >= 0.6 is 0 Å². The fraction of sp³-hybridized carbons (Fsp3) is 0.538. The van der Waals surface area contributed by atoms with E-state index in [1.54, 1.807) is 0 Å². The zero-order valence-corrected chi connectivity index (χ0v) is 9.90. The van der Waals surface area contributed by atoms with Crippen LogP contribution in [0.3, 0.4) is 0 Å². The molecule has 1 aromatic rings. The third kappa shape index (κ3) is 3.05. The molecule has 0 saturated carbocycles. The molecule has 0 bridgehead atoms. The first-order valence-corrected chi connectivity index (χ1v) is 5.61. The van der Waals surface area contributed by atoms with Gasteiger partial charge in [-0.1, -0.05) is 38.1 Å². The van der Waals surface area contributed by atoms with E-state index >= 15 is 0 Å². The summed E-state index contributed by atoms with van der Waals surface area (Å²) >= 11 is 0. The Morgan fingerprint density at radius 2 is 1.47 bits per heavy atom. The second kappa shape index (κ2) is 5.29. The first-order chi connectivity index (χ1) is 7.06. The molecule has 0 saturated heterocycles. The zero-order chi connectivity index (χ0) is 11.4. The lowest BCUT2D eigenvalue weighted by Gasteiger charge is -2.19. The first-order valence-electron chi connectivity index (χ1n) is 5.61. The molecule has 0 fully saturated rings. The average molecular weight is 206 g/mol. The van der Waals surface area contributed by atoms with E-state index in [9.17, 15) is 0 Å². The number of hydrogen-bond acceptors (Lipinski definition) is 2. The van der Waals surface area contributed by atoms with Gasteiger partial charge >= 0.3 is 0 Å². The van der Waals surface area contributed by atoms with Gasteiger partial charge in [0.25, 0.3) is 0 Å². The number of rotatable bonds is 4. The van der Waals surface area contributed by atoms with Gasteiger partial charge in [0, 0.05) is 18.5 Å². The van der Waals surface area contributed by atoms with Crippen LogP contribution in [0.4, 0.5) is 0 Å². The van der Waals surface area contributed by atoms with Gasteiger partial charge in [0.2, 0.25) is 0 Å². The summed E-state index contributed by atoms with van der Waals surface area (Å²) in [5.74, 6) is 0.844. The van der Waals surface area contributed by atoms with Crippen molar-refractivity contribution in [1.82, 2.24) is 0 Å². The third-order valence-corrected chi connectivity index (χ3v) is 2.92. The molecule has 84 valence electrons. The summed E-state index contributed by atoms with van der Waals surface area (Å²) < 4.78 is 0. The van der Waals surface area contributed by atoms with Gasteiger partial charge in [-0.25, -0.2) is 0 Å². The van der Waals surface area contributed by atoms with Gasteiger partial charge < -0.3 is 11.5 Å². The predicted octanol–water partition coefficient (Wildman–Crippen LogP) is 2.20. The molecule has 0 spiro atoms. The summed E-state index contributed by atoms with van der Waals surface area (Å²) in [5, 5.41) is 0. The number of hydrogen-bond donors (Lipinski definition) is 2. The molecule has 1 rings (SSSR count). The lowest BCUT2D eigenvalue weighted by molar-refractivity contribution is 0.576. The van der Waals surface area contributed by atoms with E-state index < -0.39 is 0 Å². The van der Waals surface area contributed by atoms with E-state index in [1.807, 2.05) is 6.92 Å². The summed E-state index contributed by atoms with van der Waals surface area (Å²) in [6.45, 7) is 7.01. The molecule has 2 unspecified atom stereocenters. The van der Waals surface area contributed by atoms with Crippen LogP contribution in [-0.4, -0.2) is 12.6 Å². The second-order valence-electron chi connectivity index (χ2n) is 4.52. The second-order valence-corrected chi connectivity index (χ2v) is 4.52. The van der Waals surface area contributed by atoms with Gasteiger partial charge in [0.15, 0.2) is 0 Å². The maximum absolute atomic E-state index is 5.90. The molecule has 2 heteroatoms. The Labute approximate surface area is 92.7 Å². The van der Waals surface area contributed by atoms with Crippen LogP contribution in [0.5, 0.6) is 0 Å². The number of nitrogens with two attached hydrogens (primary N) is 2. The minimum absolute atomic E-state index is 0.111. The van der Waals surface area contributed by atoms with Gasteiger partial charge in [-0.2, -0.15) is 0 Å². The first kappa shape index (κ1) is 12.2. The Kier molecular flexibility index (Phi) is 4.30. The molecule has 2 atom stereocenters. The monoisotopic (exact) mass is 206 g/mol. The third-order valence-electron chi connectivity index (χ3n) is 2.92. The fourth-order valence-corrected chi connectivity index (χ4v) is 1.78. The standard InChI is InChI=1S/C13H22N2/c1-9(2)11-4-6-12(7-5-11)13(8-14)10(3)15/h4-7,9-10,13H,8,14-15H2,1-3H3. The van der Waals surface area contributed by atoms with Crippen molar-refractivity contribution < 1.29 is 0 Å². The minimum atomic E-state index is 0.111. The van der Waals surface area contributed by atoms with Crippen molar-refractivity contribution >= 4 is 0 Å². The summed E-state index contributed by atoms with van der Waals surface area (Å²) in [4.78, 5) is 0. The Bertz CT molecular complexity index is 288. The Morgan fingerprint density at radius 3 is 1.80 bits per heavy atom. The van der Waals surface area contributed by atoms with Crippen LogP contribution in [0.1, 0.15) is 43.7 Å². The predicted molar refractivity (Wildman–Crippen MR) is 66.0 cm³/mol. The fourth-order valence-electron chi connectivity index (χ4n) is 1.78. The highest BCUT2D eigenvalue weighted by molar-refractivity contribution is 5.28. The lowest BCUT2D eigenvalue weighted by Crippen LogP contribution is -2.30. The maximum atomic E-state index is 5.90. The Morgan fingerprint density at radius 1 is 1.00 bits per heavy atom. The summed E-state index contributed by atoms with van der Waals surface area (Å²) in [6.07, 6.45) is 0. The highest BCUT2D eigenvalue weighted by atomic mass is 14.7. The van der Waals surface area contributed by atoms with E-state index in [0.717, 1.165) is 0 Å². The van der Waals surface area contributed by atoms with Crippen LogP contribution in [0.15, 0.2) is 24.3 Å². The largest absolute Gasteiger partial charge is 0.330 e. The van der Waals surface area contributed by atoms with Gasteiger partial charge in [0.1, 0.15) is 0 Å². The average Bonchev–Trinajstić information content (AvgIpc) is 2.19. The molecular weight excluding hydrogens is 184 g/mol. The molecule has 0 aromatic heterocycles. The normalized spacial score (nSPS) is 15.3. The highest BCUT2D eigenvalue weighted by Crippen LogP contribution is 2.21. The van der Waals surface area contributed by atoms with Crippen LogP contribution < -0.4 is 11.5 Å². The van der Waals surface area contributed by atoms with Gasteiger partial charge in [-0.05, 0) is 24.0 Å². The van der Waals surface area contributed by atoms with Crippen LogP contribution in [0, 0.1) is 0 Å². The van der Waals surface area contributed by atoms with Gasteiger partial charge in [0.05, 0.1) is 0 Å². The van der Waals surface area contributed by atoms with Crippen molar-refractivity contribution in [2.75, 3.05) is 6.54 Å².